The molecule has 1 heterocycles. The van der Waals surface area contributed by atoms with Crippen molar-refractivity contribution in [3.05, 3.63) is 23.9 Å². The number of aryl methyl sites for hydroxylation is 2. The Balaban J connectivity index is 2.54. The summed E-state index contributed by atoms with van der Waals surface area (Å²) in [6.07, 6.45) is 0. The lowest BCUT2D eigenvalue weighted by atomic mass is 10.4. The molecule has 3 nitrogen and oxygen atoms in total. The maximum Gasteiger partial charge on any atom is 0.0942 e. The molecule has 4 heteroatoms. The van der Waals surface area contributed by atoms with E-state index in [9.17, 15) is 0 Å². The number of aromatic nitrogens is 2. The summed E-state index contributed by atoms with van der Waals surface area (Å²) >= 11 is 1.72. The molecule has 1 aromatic rings. The lowest BCUT2D eigenvalue weighted by molar-refractivity contribution is 0.692. The van der Waals surface area contributed by atoms with Crippen LogP contribution in [0.4, 0.5) is 0 Å². The highest BCUT2D eigenvalue weighted by molar-refractivity contribution is 7.99. The number of nitrogens with zero attached hydrogens (tertiary/aromatic N) is 2. The number of thioether (sulfide) groups is 1. The van der Waals surface area contributed by atoms with E-state index in [0.29, 0.717) is 6.54 Å². The Kier molecular flexibility index (Phi) is 3.57. The van der Waals surface area contributed by atoms with E-state index in [2.05, 4.69) is 17.7 Å². The number of rotatable bonds is 4. The Bertz CT molecular complexity index is 304. The second-order valence-corrected chi connectivity index (χ2v) is 3.99. The predicted octanol–water partition coefficient (Wildman–Crippen LogP) is 1.34. The van der Waals surface area contributed by atoms with Crippen molar-refractivity contribution in [2.24, 2.45) is 12.8 Å². The number of nitrogens with two attached hydrogens (primary N) is 1. The Labute approximate surface area is 83.0 Å². The average molecular weight is 197 g/mol. The SMILES string of the molecule is C=C(CN)CSc1cc(C)nn1C. The van der Waals surface area contributed by atoms with Gasteiger partial charge in [-0.1, -0.05) is 12.2 Å². The first kappa shape index (κ1) is 10.3. The van der Waals surface area contributed by atoms with Crippen molar-refractivity contribution in [3.8, 4) is 0 Å². The van der Waals surface area contributed by atoms with E-state index in [1.54, 1.807) is 11.8 Å². The quantitative estimate of drug-likeness (QED) is 0.585. The minimum Gasteiger partial charge on any atom is -0.327 e. The summed E-state index contributed by atoms with van der Waals surface area (Å²) in [6, 6.07) is 2.06. The third-order valence-electron chi connectivity index (χ3n) is 1.67. The fraction of sp³-hybridized carbons (Fsp3) is 0.444. The normalized spacial score (nSPS) is 10.4. The van der Waals surface area contributed by atoms with Crippen LogP contribution in [0.5, 0.6) is 0 Å². The predicted molar refractivity (Wildman–Crippen MR) is 56.9 cm³/mol. The van der Waals surface area contributed by atoms with E-state index < -0.39 is 0 Å². The molecule has 2 N–H and O–H groups in total. The lowest BCUT2D eigenvalue weighted by Crippen LogP contribution is -2.04. The molecule has 0 unspecified atom stereocenters. The maximum atomic E-state index is 5.44. The van der Waals surface area contributed by atoms with Gasteiger partial charge in [-0.2, -0.15) is 5.10 Å². The van der Waals surface area contributed by atoms with Crippen LogP contribution in [-0.4, -0.2) is 22.1 Å². The first-order chi connectivity index (χ1) is 6.13. The van der Waals surface area contributed by atoms with Crippen LogP contribution < -0.4 is 5.73 Å². The van der Waals surface area contributed by atoms with Gasteiger partial charge in [0.15, 0.2) is 0 Å². The number of hydrogen-bond acceptors (Lipinski definition) is 3. The van der Waals surface area contributed by atoms with Gasteiger partial charge in [0.05, 0.1) is 10.7 Å². The summed E-state index contributed by atoms with van der Waals surface area (Å²) in [5.41, 5.74) is 7.55. The molecule has 0 saturated heterocycles. The molecule has 0 radical (unpaired) electrons. The fourth-order valence-corrected chi connectivity index (χ4v) is 1.91. The molecule has 0 aliphatic heterocycles. The molecule has 0 aliphatic rings. The summed E-state index contributed by atoms with van der Waals surface area (Å²) in [6.45, 7) is 6.40. The van der Waals surface area contributed by atoms with Crippen molar-refractivity contribution in [2.75, 3.05) is 12.3 Å². The molecule has 0 spiro atoms. The average Bonchev–Trinajstić information content (AvgIpc) is 2.41. The third-order valence-corrected chi connectivity index (χ3v) is 2.90. The van der Waals surface area contributed by atoms with Gasteiger partial charge in [-0.3, -0.25) is 4.68 Å². The van der Waals surface area contributed by atoms with E-state index in [1.807, 2.05) is 18.7 Å². The van der Waals surface area contributed by atoms with E-state index in [1.165, 1.54) is 0 Å². The van der Waals surface area contributed by atoms with E-state index in [0.717, 1.165) is 22.0 Å². The lowest BCUT2D eigenvalue weighted by Gasteiger charge is -2.02. The first-order valence-electron chi connectivity index (χ1n) is 4.13. The fourth-order valence-electron chi connectivity index (χ4n) is 0.957. The molecule has 0 aromatic carbocycles. The van der Waals surface area contributed by atoms with Gasteiger partial charge in [0.2, 0.25) is 0 Å². The van der Waals surface area contributed by atoms with Crippen LogP contribution in [-0.2, 0) is 7.05 Å². The summed E-state index contributed by atoms with van der Waals surface area (Å²) in [4.78, 5) is 0. The van der Waals surface area contributed by atoms with Gasteiger partial charge in [-0.25, -0.2) is 0 Å². The Morgan fingerprint density at radius 2 is 2.46 bits per heavy atom. The summed E-state index contributed by atoms with van der Waals surface area (Å²) in [5.74, 6) is 0.871. The Morgan fingerprint density at radius 1 is 1.77 bits per heavy atom. The minimum atomic E-state index is 0.559. The van der Waals surface area contributed by atoms with Crippen molar-refractivity contribution < 1.29 is 0 Å². The smallest absolute Gasteiger partial charge is 0.0942 e. The van der Waals surface area contributed by atoms with Crippen LogP contribution >= 0.6 is 11.8 Å². The molecule has 0 aliphatic carbocycles. The zero-order valence-corrected chi connectivity index (χ0v) is 8.90. The second kappa shape index (κ2) is 4.48. The van der Waals surface area contributed by atoms with Crippen LogP contribution in [0.15, 0.2) is 23.2 Å². The van der Waals surface area contributed by atoms with E-state index in [4.69, 9.17) is 5.73 Å². The van der Waals surface area contributed by atoms with Gasteiger partial charge in [0.1, 0.15) is 0 Å². The molecule has 1 aromatic heterocycles. The molecular formula is C9H15N3S. The van der Waals surface area contributed by atoms with Crippen LogP contribution in [0.25, 0.3) is 0 Å². The van der Waals surface area contributed by atoms with Crippen molar-refractivity contribution in [2.45, 2.75) is 11.9 Å². The minimum absolute atomic E-state index is 0.559. The molecule has 0 bridgehead atoms. The van der Waals surface area contributed by atoms with Gasteiger partial charge in [0.25, 0.3) is 0 Å². The van der Waals surface area contributed by atoms with Gasteiger partial charge in [-0.05, 0) is 13.0 Å². The molecule has 1 rings (SSSR count). The monoisotopic (exact) mass is 197 g/mol. The van der Waals surface area contributed by atoms with Gasteiger partial charge in [0, 0.05) is 19.3 Å². The van der Waals surface area contributed by atoms with E-state index >= 15 is 0 Å². The van der Waals surface area contributed by atoms with Gasteiger partial charge < -0.3 is 5.73 Å². The molecule has 0 atom stereocenters. The van der Waals surface area contributed by atoms with Crippen LogP contribution in [0.1, 0.15) is 5.69 Å². The highest BCUT2D eigenvalue weighted by Gasteiger charge is 2.02. The zero-order chi connectivity index (χ0) is 9.84. The van der Waals surface area contributed by atoms with Crippen LogP contribution in [0.2, 0.25) is 0 Å². The summed E-state index contributed by atoms with van der Waals surface area (Å²) < 4.78 is 1.88. The van der Waals surface area contributed by atoms with Gasteiger partial charge in [-0.15, -0.1) is 11.8 Å². The summed E-state index contributed by atoms with van der Waals surface area (Å²) in [7, 11) is 1.94. The molecule has 0 amide bonds. The second-order valence-electron chi connectivity index (χ2n) is 2.99. The van der Waals surface area contributed by atoms with E-state index in [-0.39, 0.29) is 0 Å². The van der Waals surface area contributed by atoms with Crippen LogP contribution in [0.3, 0.4) is 0 Å². The third kappa shape index (κ3) is 2.90. The first-order valence-corrected chi connectivity index (χ1v) is 5.12. The van der Waals surface area contributed by atoms with Crippen LogP contribution in [0, 0.1) is 6.92 Å². The van der Waals surface area contributed by atoms with Crippen molar-refractivity contribution in [3.63, 3.8) is 0 Å². The number of hydrogen-bond donors (Lipinski definition) is 1. The Hall–Kier alpha value is -0.740. The van der Waals surface area contributed by atoms with Crippen molar-refractivity contribution in [1.29, 1.82) is 0 Å². The molecule has 72 valence electrons. The zero-order valence-electron chi connectivity index (χ0n) is 8.08. The van der Waals surface area contributed by atoms with Gasteiger partial charge >= 0.3 is 0 Å². The molecule has 0 fully saturated rings. The Morgan fingerprint density at radius 3 is 2.92 bits per heavy atom. The topological polar surface area (TPSA) is 43.8 Å². The molecular weight excluding hydrogens is 182 g/mol. The highest BCUT2D eigenvalue weighted by atomic mass is 32.2. The largest absolute Gasteiger partial charge is 0.327 e. The molecule has 0 saturated carbocycles. The summed E-state index contributed by atoms with van der Waals surface area (Å²) in [5, 5.41) is 5.41. The van der Waals surface area contributed by atoms with Crippen molar-refractivity contribution >= 4 is 11.8 Å². The van der Waals surface area contributed by atoms with Crippen molar-refractivity contribution in [1.82, 2.24) is 9.78 Å². The standard InChI is InChI=1S/C9H15N3S/c1-7(5-10)6-13-9-4-8(2)11-12(9)3/h4H,1,5-6,10H2,2-3H3. The highest BCUT2D eigenvalue weighted by Crippen LogP contribution is 2.19. The molecule has 13 heavy (non-hydrogen) atoms. The maximum absolute atomic E-state index is 5.44.